The summed E-state index contributed by atoms with van der Waals surface area (Å²) in [6.07, 6.45) is 0.930. The third kappa shape index (κ3) is 4.97. The molecule has 1 aliphatic rings. The fraction of sp³-hybridized carbons (Fsp3) is 0.476. The molecule has 2 N–H and O–H groups in total. The van der Waals surface area contributed by atoms with Crippen molar-refractivity contribution in [3.05, 3.63) is 51.2 Å². The summed E-state index contributed by atoms with van der Waals surface area (Å²) in [7, 11) is 1.60. The van der Waals surface area contributed by atoms with Gasteiger partial charge in [0.05, 0.1) is 19.8 Å². The number of rotatable bonds is 9. The van der Waals surface area contributed by atoms with Crippen LogP contribution >= 0.6 is 0 Å². The number of hydrogen-bond acceptors (Lipinski definition) is 7. The predicted molar refractivity (Wildman–Crippen MR) is 118 cm³/mol. The number of nitrogens with zero attached hydrogens (tertiary/aromatic N) is 4. The summed E-state index contributed by atoms with van der Waals surface area (Å²) >= 11 is 0. The van der Waals surface area contributed by atoms with E-state index in [1.807, 2.05) is 30.3 Å². The van der Waals surface area contributed by atoms with Crippen molar-refractivity contribution in [2.75, 3.05) is 51.3 Å². The highest BCUT2D eigenvalue weighted by Gasteiger charge is 2.17. The number of anilines is 1. The van der Waals surface area contributed by atoms with Gasteiger partial charge in [0.25, 0.3) is 5.56 Å². The number of hydrogen-bond donors (Lipinski definition) is 2. The van der Waals surface area contributed by atoms with Gasteiger partial charge in [-0.25, -0.2) is 4.79 Å². The molecule has 0 amide bonds. The standard InChI is InChI=1S/C21H28N6O4/c1-25-18-17(19(28)24-21(25)29)27(12-15-31-16-6-3-2-4-7-16)20(23-18)22-8-5-9-26-10-13-30-14-11-26/h2-4,6-7H,5,8-15H2,1H3,(H,22,23)(H,24,28,29). The fourth-order valence-corrected chi connectivity index (χ4v) is 3.69. The van der Waals surface area contributed by atoms with Crippen molar-refractivity contribution in [1.82, 2.24) is 24.0 Å². The van der Waals surface area contributed by atoms with E-state index in [0.717, 1.165) is 45.0 Å². The van der Waals surface area contributed by atoms with E-state index in [9.17, 15) is 9.59 Å². The van der Waals surface area contributed by atoms with E-state index in [1.165, 1.54) is 4.57 Å². The second kappa shape index (κ2) is 9.80. The smallest absolute Gasteiger partial charge is 0.329 e. The van der Waals surface area contributed by atoms with Gasteiger partial charge in [0.2, 0.25) is 5.95 Å². The third-order valence-corrected chi connectivity index (χ3v) is 5.37. The van der Waals surface area contributed by atoms with Gasteiger partial charge in [0, 0.05) is 26.7 Å². The van der Waals surface area contributed by atoms with Crippen LogP contribution in [0.2, 0.25) is 0 Å². The van der Waals surface area contributed by atoms with Gasteiger partial charge in [-0.15, -0.1) is 0 Å². The Kier molecular flexibility index (Phi) is 6.68. The van der Waals surface area contributed by atoms with Gasteiger partial charge in [-0.05, 0) is 25.1 Å². The molecule has 1 aromatic carbocycles. The van der Waals surface area contributed by atoms with Gasteiger partial charge in [0.1, 0.15) is 12.4 Å². The van der Waals surface area contributed by atoms with Crippen molar-refractivity contribution in [3.63, 3.8) is 0 Å². The lowest BCUT2D eigenvalue weighted by molar-refractivity contribution is 0.0378. The molecule has 3 heterocycles. The number of H-pyrrole nitrogens is 1. The Balaban J connectivity index is 1.49. The molecule has 1 saturated heterocycles. The number of aryl methyl sites for hydroxylation is 1. The largest absolute Gasteiger partial charge is 0.492 e. The maximum atomic E-state index is 12.5. The lowest BCUT2D eigenvalue weighted by Gasteiger charge is -2.26. The first-order chi connectivity index (χ1) is 15.1. The molecule has 1 fully saturated rings. The highest BCUT2D eigenvalue weighted by Crippen LogP contribution is 2.16. The summed E-state index contributed by atoms with van der Waals surface area (Å²) in [6, 6.07) is 9.50. The van der Waals surface area contributed by atoms with Gasteiger partial charge in [-0.2, -0.15) is 4.98 Å². The first-order valence-corrected chi connectivity index (χ1v) is 10.5. The van der Waals surface area contributed by atoms with Crippen LogP contribution in [0.5, 0.6) is 5.75 Å². The number of morpholine rings is 1. The van der Waals surface area contributed by atoms with Gasteiger partial charge < -0.3 is 19.4 Å². The summed E-state index contributed by atoms with van der Waals surface area (Å²) in [6.45, 7) is 5.90. The molecule has 0 spiro atoms. The molecule has 0 aliphatic carbocycles. The number of ether oxygens (including phenoxy) is 2. The molecule has 1 aliphatic heterocycles. The summed E-state index contributed by atoms with van der Waals surface area (Å²) in [5, 5.41) is 3.34. The van der Waals surface area contributed by atoms with E-state index in [2.05, 4.69) is 20.2 Å². The normalized spacial score (nSPS) is 14.7. The number of para-hydroxylation sites is 1. The molecule has 4 rings (SSSR count). The minimum atomic E-state index is -0.485. The molecular weight excluding hydrogens is 400 g/mol. The van der Waals surface area contributed by atoms with E-state index in [4.69, 9.17) is 9.47 Å². The first kappa shape index (κ1) is 21.1. The number of aromatic amines is 1. The molecule has 10 heteroatoms. The molecule has 10 nitrogen and oxygen atoms in total. The summed E-state index contributed by atoms with van der Waals surface area (Å²) in [5.41, 5.74) is -0.230. The molecule has 2 aromatic heterocycles. The maximum absolute atomic E-state index is 12.5. The van der Waals surface area contributed by atoms with Crippen LogP contribution in [0.25, 0.3) is 11.2 Å². The minimum Gasteiger partial charge on any atom is -0.492 e. The Hall–Kier alpha value is -3.11. The second-order valence-corrected chi connectivity index (χ2v) is 7.47. The zero-order valence-electron chi connectivity index (χ0n) is 17.7. The van der Waals surface area contributed by atoms with E-state index < -0.39 is 11.2 Å². The maximum Gasteiger partial charge on any atom is 0.329 e. The Morgan fingerprint density at radius 3 is 2.71 bits per heavy atom. The lowest BCUT2D eigenvalue weighted by Crippen LogP contribution is -2.37. The average Bonchev–Trinajstić information content (AvgIpc) is 3.16. The van der Waals surface area contributed by atoms with Crippen molar-refractivity contribution >= 4 is 17.1 Å². The molecular formula is C21H28N6O4. The molecule has 0 radical (unpaired) electrons. The van der Waals surface area contributed by atoms with Crippen molar-refractivity contribution in [2.24, 2.45) is 7.05 Å². The number of benzene rings is 1. The van der Waals surface area contributed by atoms with E-state index in [0.29, 0.717) is 36.8 Å². The Morgan fingerprint density at radius 2 is 1.94 bits per heavy atom. The topological polar surface area (TPSA) is 106 Å². The number of fused-ring (bicyclic) bond motifs is 1. The van der Waals surface area contributed by atoms with Gasteiger partial charge >= 0.3 is 5.69 Å². The zero-order chi connectivity index (χ0) is 21.6. The molecule has 0 atom stereocenters. The van der Waals surface area contributed by atoms with Crippen LogP contribution in [0.3, 0.4) is 0 Å². The Morgan fingerprint density at radius 1 is 1.16 bits per heavy atom. The van der Waals surface area contributed by atoms with Crippen molar-refractivity contribution < 1.29 is 9.47 Å². The second-order valence-electron chi connectivity index (χ2n) is 7.47. The third-order valence-electron chi connectivity index (χ3n) is 5.37. The summed E-state index contributed by atoms with van der Waals surface area (Å²) in [4.78, 5) is 33.8. The number of imidazole rings is 1. The van der Waals surface area contributed by atoms with Gasteiger partial charge in [0.15, 0.2) is 11.2 Å². The first-order valence-electron chi connectivity index (χ1n) is 10.5. The van der Waals surface area contributed by atoms with Crippen LogP contribution in [-0.2, 0) is 18.3 Å². The Bertz CT molecular complexity index is 1110. The average molecular weight is 428 g/mol. The number of aromatic nitrogens is 4. The van der Waals surface area contributed by atoms with E-state index >= 15 is 0 Å². The SMILES string of the molecule is Cn1c(=O)[nH]c(=O)c2c1nc(NCCCN1CCOCC1)n2CCOc1ccccc1. The molecule has 0 bridgehead atoms. The predicted octanol–water partition coefficient (Wildman–Crippen LogP) is 0.636. The molecule has 0 saturated carbocycles. The van der Waals surface area contributed by atoms with Gasteiger partial charge in [-0.3, -0.25) is 19.2 Å². The monoisotopic (exact) mass is 428 g/mol. The number of nitrogens with one attached hydrogen (secondary N) is 2. The summed E-state index contributed by atoms with van der Waals surface area (Å²) in [5.74, 6) is 1.31. The van der Waals surface area contributed by atoms with Crippen LogP contribution in [0, 0.1) is 0 Å². The van der Waals surface area contributed by atoms with Crippen LogP contribution in [-0.4, -0.2) is 70.0 Å². The van der Waals surface area contributed by atoms with Crippen molar-refractivity contribution in [3.8, 4) is 5.75 Å². The highest BCUT2D eigenvalue weighted by molar-refractivity contribution is 5.74. The fourth-order valence-electron chi connectivity index (χ4n) is 3.69. The van der Waals surface area contributed by atoms with Gasteiger partial charge in [-0.1, -0.05) is 18.2 Å². The zero-order valence-corrected chi connectivity index (χ0v) is 17.7. The van der Waals surface area contributed by atoms with Crippen LogP contribution < -0.4 is 21.3 Å². The van der Waals surface area contributed by atoms with Crippen LogP contribution in [0.4, 0.5) is 5.95 Å². The van der Waals surface area contributed by atoms with Crippen molar-refractivity contribution in [2.45, 2.75) is 13.0 Å². The van der Waals surface area contributed by atoms with Crippen LogP contribution in [0.1, 0.15) is 6.42 Å². The Labute approximate surface area is 179 Å². The van der Waals surface area contributed by atoms with E-state index in [1.54, 1.807) is 11.6 Å². The quantitative estimate of drug-likeness (QED) is 0.482. The molecule has 3 aromatic rings. The minimum absolute atomic E-state index is 0.351. The molecule has 31 heavy (non-hydrogen) atoms. The summed E-state index contributed by atoms with van der Waals surface area (Å²) < 4.78 is 14.3. The van der Waals surface area contributed by atoms with Crippen LogP contribution in [0.15, 0.2) is 39.9 Å². The lowest BCUT2D eigenvalue weighted by atomic mass is 10.3. The highest BCUT2D eigenvalue weighted by atomic mass is 16.5. The van der Waals surface area contributed by atoms with E-state index in [-0.39, 0.29) is 0 Å². The molecule has 166 valence electrons. The van der Waals surface area contributed by atoms with Crippen molar-refractivity contribution in [1.29, 1.82) is 0 Å². The molecule has 0 unspecified atom stereocenters.